The number of carbonyl (C=O) groups excluding carboxylic acids is 2. The van der Waals surface area contributed by atoms with Gasteiger partial charge in [-0.3, -0.25) is 19.7 Å². The molecule has 0 aromatic rings. The quantitative estimate of drug-likeness (QED) is 0.728. The highest BCUT2D eigenvalue weighted by atomic mass is 16.8. The van der Waals surface area contributed by atoms with Crippen molar-refractivity contribution >= 4 is 11.6 Å². The molecule has 26 heavy (non-hydrogen) atoms. The van der Waals surface area contributed by atoms with Gasteiger partial charge in [0, 0.05) is 23.8 Å². The average Bonchev–Trinajstić information content (AvgIpc) is 2.68. The summed E-state index contributed by atoms with van der Waals surface area (Å²) in [5.74, 6) is 1.26. The molecule has 3 fully saturated rings. The molecule has 1 saturated heterocycles. The fraction of sp³-hybridized carbons (Fsp3) is 0.900. The van der Waals surface area contributed by atoms with E-state index in [0.29, 0.717) is 43.9 Å². The maximum atomic E-state index is 12.7. The average molecular weight is 365 g/mol. The molecule has 148 valence electrons. The molecule has 0 unspecified atom stereocenters. The van der Waals surface area contributed by atoms with Crippen molar-refractivity contribution in [3.8, 4) is 0 Å². The molecule has 1 heterocycles. The number of hydrogen-bond donors (Lipinski definition) is 1. The molecule has 0 radical (unpaired) electrons. The van der Waals surface area contributed by atoms with Gasteiger partial charge in [-0.15, -0.1) is 0 Å². The molecule has 0 bridgehead atoms. The monoisotopic (exact) mass is 365 g/mol. The van der Waals surface area contributed by atoms with Crippen LogP contribution in [0.1, 0.15) is 70.6 Å². The van der Waals surface area contributed by atoms with Crippen LogP contribution in [0.3, 0.4) is 0 Å². The normalized spacial score (nSPS) is 29.8. The molecular weight excluding hydrogens is 332 g/mol. The number of piperidine rings is 1. The molecule has 1 N–H and O–H groups in total. The molecule has 0 aromatic carbocycles. The van der Waals surface area contributed by atoms with Gasteiger partial charge in [-0.25, -0.2) is 0 Å². The van der Waals surface area contributed by atoms with Crippen LogP contribution in [0.4, 0.5) is 0 Å². The Kier molecular flexibility index (Phi) is 7.20. The molecule has 2 saturated carbocycles. The van der Waals surface area contributed by atoms with Gasteiger partial charge in [0.25, 0.3) is 0 Å². The van der Waals surface area contributed by atoms with E-state index in [4.69, 9.17) is 5.21 Å². The Balaban J connectivity index is 1.38. The first kappa shape index (κ1) is 19.9. The van der Waals surface area contributed by atoms with Crippen LogP contribution in [-0.4, -0.2) is 52.6 Å². The molecule has 1 aliphatic heterocycles. The summed E-state index contributed by atoms with van der Waals surface area (Å²) in [4.78, 5) is 27.4. The second-order valence-electron chi connectivity index (χ2n) is 8.56. The van der Waals surface area contributed by atoms with Crippen molar-refractivity contribution in [2.45, 2.75) is 76.7 Å². The van der Waals surface area contributed by atoms with E-state index in [9.17, 15) is 14.8 Å². The minimum Gasteiger partial charge on any atom is -0.762 e. The standard InChI is InChI=1S/C20H33N2O4/c23-19(15-6-8-18(9-7-15)22(25)26)14-21-12-10-17(11-13-21)20(24)16-4-2-1-3-5-16/h15-18,25H,1-14H2/q-1. The first-order valence-electron chi connectivity index (χ1n) is 10.5. The summed E-state index contributed by atoms with van der Waals surface area (Å²) < 4.78 is 0. The van der Waals surface area contributed by atoms with Gasteiger partial charge in [0.15, 0.2) is 0 Å². The zero-order valence-corrected chi connectivity index (χ0v) is 15.8. The number of carbonyl (C=O) groups is 2. The predicted molar refractivity (Wildman–Crippen MR) is 98.5 cm³/mol. The van der Waals surface area contributed by atoms with Crippen molar-refractivity contribution in [1.82, 2.24) is 10.1 Å². The Bertz CT molecular complexity index is 474. The second-order valence-corrected chi connectivity index (χ2v) is 8.56. The van der Waals surface area contributed by atoms with E-state index in [1.54, 1.807) is 0 Å². The Morgan fingerprint density at radius 3 is 2.00 bits per heavy atom. The zero-order valence-electron chi connectivity index (χ0n) is 15.8. The summed E-state index contributed by atoms with van der Waals surface area (Å²) in [6, 6.07) is -0.347. The van der Waals surface area contributed by atoms with Gasteiger partial charge in [-0.2, -0.15) is 0 Å². The first-order chi connectivity index (χ1) is 12.5. The fourth-order valence-electron chi connectivity index (χ4n) is 5.06. The summed E-state index contributed by atoms with van der Waals surface area (Å²) >= 11 is 0. The molecule has 3 aliphatic rings. The summed E-state index contributed by atoms with van der Waals surface area (Å²) in [6.45, 7) is 2.16. The van der Waals surface area contributed by atoms with Crippen LogP contribution in [0.15, 0.2) is 0 Å². The molecule has 0 atom stereocenters. The van der Waals surface area contributed by atoms with E-state index in [2.05, 4.69) is 4.90 Å². The smallest absolute Gasteiger partial charge is 0.149 e. The molecule has 0 aromatic heterocycles. The third kappa shape index (κ3) is 5.12. The molecule has 6 heteroatoms. The van der Waals surface area contributed by atoms with Gasteiger partial charge in [0.05, 0.1) is 6.54 Å². The zero-order chi connectivity index (χ0) is 18.5. The van der Waals surface area contributed by atoms with Gasteiger partial charge in [-0.05, 0) is 64.5 Å². The maximum Gasteiger partial charge on any atom is 0.149 e. The van der Waals surface area contributed by atoms with Crippen LogP contribution in [0.2, 0.25) is 0 Å². The predicted octanol–water partition coefficient (Wildman–Crippen LogP) is 3.16. The Morgan fingerprint density at radius 1 is 0.846 bits per heavy atom. The minimum absolute atomic E-state index is 0.0211. The van der Waals surface area contributed by atoms with Gasteiger partial charge >= 0.3 is 0 Å². The van der Waals surface area contributed by atoms with Gasteiger partial charge < -0.3 is 10.4 Å². The summed E-state index contributed by atoms with van der Waals surface area (Å²) in [5, 5.41) is 20.0. The maximum absolute atomic E-state index is 12.7. The van der Waals surface area contributed by atoms with Crippen molar-refractivity contribution in [2.24, 2.45) is 17.8 Å². The van der Waals surface area contributed by atoms with Crippen LogP contribution in [0, 0.1) is 23.0 Å². The second kappa shape index (κ2) is 9.40. The van der Waals surface area contributed by atoms with E-state index in [0.717, 1.165) is 38.8 Å². The lowest BCUT2D eigenvalue weighted by atomic mass is 9.78. The largest absolute Gasteiger partial charge is 0.762 e. The molecule has 3 rings (SSSR count). The fourth-order valence-corrected chi connectivity index (χ4v) is 5.06. The highest BCUT2D eigenvalue weighted by Crippen LogP contribution is 2.31. The van der Waals surface area contributed by atoms with Gasteiger partial charge in [-0.1, -0.05) is 19.3 Å². The number of nitrogens with zero attached hydrogens (tertiary/aromatic N) is 2. The Morgan fingerprint density at radius 2 is 1.42 bits per heavy atom. The number of likely N-dealkylation sites (tertiary alicyclic amines) is 1. The highest BCUT2D eigenvalue weighted by molar-refractivity contribution is 5.84. The Labute approximate surface area is 156 Å². The SMILES string of the molecule is O=C(CN1CCC(C(=O)C2CCCCC2)CC1)C1CCC(N([O-])O)CC1. The summed E-state index contributed by atoms with van der Waals surface area (Å²) in [7, 11) is 0. The summed E-state index contributed by atoms with van der Waals surface area (Å²) in [6.07, 6.45) is 10.2. The molecular formula is C20H33N2O4-. The van der Waals surface area contributed by atoms with Gasteiger partial charge in [0.1, 0.15) is 11.6 Å². The molecule has 0 amide bonds. The van der Waals surface area contributed by atoms with Crippen molar-refractivity contribution in [1.29, 1.82) is 0 Å². The topological polar surface area (TPSA) is 83.9 Å². The van der Waals surface area contributed by atoms with E-state index < -0.39 is 0 Å². The minimum atomic E-state index is -0.347. The molecule has 0 spiro atoms. The lowest BCUT2D eigenvalue weighted by molar-refractivity contribution is -0.130. The van der Waals surface area contributed by atoms with Crippen molar-refractivity contribution in [3.05, 3.63) is 5.21 Å². The number of ketones is 2. The first-order valence-corrected chi connectivity index (χ1v) is 10.5. The van der Waals surface area contributed by atoms with Crippen LogP contribution in [0.5, 0.6) is 0 Å². The van der Waals surface area contributed by atoms with Gasteiger partial charge in [0.2, 0.25) is 0 Å². The van der Waals surface area contributed by atoms with Crippen molar-refractivity contribution in [3.63, 3.8) is 0 Å². The number of Topliss-reactive ketones (excluding diaryl/α,β-unsaturated/α-hetero) is 2. The lowest BCUT2D eigenvalue weighted by Crippen LogP contribution is -2.42. The third-order valence-corrected chi connectivity index (χ3v) is 6.84. The third-order valence-electron chi connectivity index (χ3n) is 6.84. The van der Waals surface area contributed by atoms with E-state index >= 15 is 0 Å². The van der Waals surface area contributed by atoms with E-state index in [1.807, 2.05) is 0 Å². The van der Waals surface area contributed by atoms with E-state index in [-0.39, 0.29) is 28.9 Å². The number of hydrogen-bond acceptors (Lipinski definition) is 6. The van der Waals surface area contributed by atoms with Crippen molar-refractivity contribution < 1.29 is 14.8 Å². The highest BCUT2D eigenvalue weighted by Gasteiger charge is 2.32. The lowest BCUT2D eigenvalue weighted by Gasteiger charge is -2.37. The number of rotatable bonds is 6. The molecule has 2 aliphatic carbocycles. The van der Waals surface area contributed by atoms with E-state index in [1.165, 1.54) is 19.3 Å². The van der Waals surface area contributed by atoms with Crippen LogP contribution >= 0.6 is 0 Å². The Hall–Kier alpha value is -0.820. The summed E-state index contributed by atoms with van der Waals surface area (Å²) in [5.41, 5.74) is 0. The molecule has 6 nitrogen and oxygen atoms in total. The van der Waals surface area contributed by atoms with Crippen molar-refractivity contribution in [2.75, 3.05) is 19.6 Å². The number of hydroxylamine groups is 2. The van der Waals surface area contributed by atoms with Crippen LogP contribution in [-0.2, 0) is 9.59 Å². The van der Waals surface area contributed by atoms with Crippen LogP contribution in [0.25, 0.3) is 0 Å². The van der Waals surface area contributed by atoms with Crippen LogP contribution < -0.4 is 0 Å².